The van der Waals surface area contributed by atoms with Crippen LogP contribution in [0.1, 0.15) is 12.8 Å². The van der Waals surface area contributed by atoms with Crippen molar-refractivity contribution in [3.8, 4) is 0 Å². The van der Waals surface area contributed by atoms with Crippen LogP contribution in [0.3, 0.4) is 0 Å². The van der Waals surface area contributed by atoms with Gasteiger partial charge in [0.1, 0.15) is 0 Å². The van der Waals surface area contributed by atoms with Crippen molar-refractivity contribution in [1.82, 2.24) is 0 Å². The Morgan fingerprint density at radius 3 is 1.67 bits per heavy atom. The van der Waals surface area contributed by atoms with E-state index in [0.29, 0.717) is 15.4 Å². The Labute approximate surface area is 44.9 Å². The van der Waals surface area contributed by atoms with Gasteiger partial charge in [-0.05, 0) is 0 Å². The van der Waals surface area contributed by atoms with Crippen molar-refractivity contribution < 1.29 is 5.48 Å². The van der Waals surface area contributed by atoms with E-state index in [9.17, 15) is 0 Å². The van der Waals surface area contributed by atoms with Crippen LogP contribution in [-0.4, -0.2) is 20.9 Å². The smallest absolute Gasteiger partial charge is 0.412 e. The Balaban J connectivity index is 0.000000250. The van der Waals surface area contributed by atoms with E-state index in [1.165, 1.54) is 0 Å². The van der Waals surface area contributed by atoms with E-state index in [-0.39, 0.29) is 5.48 Å². The van der Waals surface area contributed by atoms with Crippen LogP contribution in [0.4, 0.5) is 0 Å². The second-order valence-corrected chi connectivity index (χ2v) is 4.60. The third-order valence-electron chi connectivity index (χ3n) is 0.957. The third-order valence-corrected chi connectivity index (χ3v) is 3.92. The third kappa shape index (κ3) is 1.82. The van der Waals surface area contributed by atoms with Crippen molar-refractivity contribution in [2.75, 3.05) is 0 Å². The minimum absolute atomic E-state index is 0. The molecule has 36 valence electrons. The fraction of sp³-hybridized carbons (Fsp3) is 1.00. The monoisotopic (exact) mass is 148 g/mol. The predicted molar refractivity (Wildman–Crippen MR) is 28.2 cm³/mol. The van der Waals surface area contributed by atoms with Crippen LogP contribution in [0, 0.1) is 0 Å². The minimum atomic E-state index is 0. The topological polar surface area (TPSA) is 31.5 Å². The summed E-state index contributed by atoms with van der Waals surface area (Å²) in [6.07, 6.45) is 3.11. The molecule has 2 radical (unpaired) electrons. The Bertz CT molecular complexity index is 19.1. The van der Waals surface area contributed by atoms with Crippen LogP contribution in [0.2, 0.25) is 10.5 Å². The van der Waals surface area contributed by atoms with Crippen LogP contribution in [0.25, 0.3) is 0 Å². The standard InChI is InChI=1S/C4H8Ge.H2O/c1-2-4-5-3-1;/h1-4H2;1H2. The molecule has 1 aliphatic rings. The van der Waals surface area contributed by atoms with Gasteiger partial charge in [-0.15, -0.1) is 0 Å². The normalized spacial score (nSPS) is 20.0. The zero-order chi connectivity index (χ0) is 3.54. The van der Waals surface area contributed by atoms with Crippen molar-refractivity contribution in [2.45, 2.75) is 23.3 Å². The van der Waals surface area contributed by atoms with Crippen LogP contribution < -0.4 is 0 Å². The van der Waals surface area contributed by atoms with Crippen LogP contribution >= 0.6 is 0 Å². The molecule has 0 amide bonds. The molecule has 0 spiro atoms. The van der Waals surface area contributed by atoms with Crippen LogP contribution in [0.5, 0.6) is 0 Å². The summed E-state index contributed by atoms with van der Waals surface area (Å²) in [5.74, 6) is 0. The number of rotatable bonds is 0. The largest absolute Gasteiger partial charge is 0.412 e. The van der Waals surface area contributed by atoms with Crippen molar-refractivity contribution in [3.63, 3.8) is 0 Å². The quantitative estimate of drug-likeness (QED) is 0.446. The molecule has 0 aromatic heterocycles. The molecule has 0 saturated carbocycles. The Kier molecular flexibility index (Phi) is 3.99. The SMILES string of the molecule is C1C[CH2][Ge][CH2]1.O. The maximum atomic E-state index is 1.62. The van der Waals surface area contributed by atoms with E-state index < -0.39 is 0 Å². The first-order valence-electron chi connectivity index (χ1n) is 2.21. The zero-order valence-corrected chi connectivity index (χ0v) is 5.93. The van der Waals surface area contributed by atoms with Crippen LogP contribution in [-0.2, 0) is 0 Å². The second kappa shape index (κ2) is 3.68. The molecule has 0 aromatic rings. The molecule has 1 aliphatic heterocycles. The summed E-state index contributed by atoms with van der Waals surface area (Å²) in [5.41, 5.74) is 0. The summed E-state index contributed by atoms with van der Waals surface area (Å²) in [6, 6.07) is 0. The molecule has 0 aliphatic carbocycles. The van der Waals surface area contributed by atoms with Gasteiger partial charge >= 0.3 is 38.8 Å². The predicted octanol–water partition coefficient (Wildman–Crippen LogP) is 0.496. The number of hydrogen-bond acceptors (Lipinski definition) is 0. The van der Waals surface area contributed by atoms with Gasteiger partial charge in [-0.1, -0.05) is 0 Å². The van der Waals surface area contributed by atoms with E-state index in [1.54, 1.807) is 23.3 Å². The molecule has 0 unspecified atom stereocenters. The second-order valence-electron chi connectivity index (χ2n) is 1.46. The average molecular weight is 147 g/mol. The molecular weight excluding hydrogens is 137 g/mol. The molecule has 0 atom stereocenters. The van der Waals surface area contributed by atoms with Gasteiger partial charge in [-0.25, -0.2) is 0 Å². The molecule has 2 heteroatoms. The van der Waals surface area contributed by atoms with Crippen LogP contribution in [0.15, 0.2) is 0 Å². The van der Waals surface area contributed by atoms with Gasteiger partial charge < -0.3 is 5.48 Å². The maximum absolute atomic E-state index is 1.62. The Morgan fingerprint density at radius 1 is 1.00 bits per heavy atom. The summed E-state index contributed by atoms with van der Waals surface area (Å²) in [4.78, 5) is 0. The summed E-state index contributed by atoms with van der Waals surface area (Å²) in [6.45, 7) is 0. The van der Waals surface area contributed by atoms with E-state index in [0.717, 1.165) is 0 Å². The molecule has 1 rings (SSSR count). The van der Waals surface area contributed by atoms with Gasteiger partial charge in [-0.3, -0.25) is 0 Å². The number of hydrogen-bond donors (Lipinski definition) is 0. The van der Waals surface area contributed by atoms with Gasteiger partial charge in [0.05, 0.1) is 0 Å². The minimum Gasteiger partial charge on any atom is -0.412 e. The van der Waals surface area contributed by atoms with Gasteiger partial charge in [-0.2, -0.15) is 0 Å². The molecule has 1 heterocycles. The van der Waals surface area contributed by atoms with Crippen molar-refractivity contribution in [1.29, 1.82) is 0 Å². The fourth-order valence-corrected chi connectivity index (χ4v) is 3.25. The van der Waals surface area contributed by atoms with E-state index in [1.807, 2.05) is 0 Å². The molecule has 0 aromatic carbocycles. The van der Waals surface area contributed by atoms with Crippen molar-refractivity contribution >= 4 is 15.4 Å². The molecule has 1 fully saturated rings. The van der Waals surface area contributed by atoms with E-state index in [4.69, 9.17) is 0 Å². The molecular formula is C4H10GeO. The van der Waals surface area contributed by atoms with Gasteiger partial charge in [0.2, 0.25) is 0 Å². The van der Waals surface area contributed by atoms with Gasteiger partial charge in [0, 0.05) is 0 Å². The summed E-state index contributed by atoms with van der Waals surface area (Å²) in [7, 11) is 0. The molecule has 0 bridgehead atoms. The summed E-state index contributed by atoms with van der Waals surface area (Å²) < 4.78 is 0. The summed E-state index contributed by atoms with van der Waals surface area (Å²) >= 11 is 0.639. The molecule has 2 N–H and O–H groups in total. The summed E-state index contributed by atoms with van der Waals surface area (Å²) in [5, 5.41) is 3.25. The first-order valence-corrected chi connectivity index (χ1v) is 5.17. The van der Waals surface area contributed by atoms with Crippen molar-refractivity contribution in [3.05, 3.63) is 0 Å². The Morgan fingerprint density at radius 2 is 1.50 bits per heavy atom. The zero-order valence-electron chi connectivity index (χ0n) is 3.83. The molecule has 1 nitrogen and oxygen atoms in total. The van der Waals surface area contributed by atoms with Gasteiger partial charge in [0.25, 0.3) is 0 Å². The molecule has 1 saturated heterocycles. The first kappa shape index (κ1) is 6.50. The fourth-order valence-electron chi connectivity index (χ4n) is 0.625. The van der Waals surface area contributed by atoms with E-state index in [2.05, 4.69) is 0 Å². The average Bonchev–Trinajstić information content (AvgIpc) is 1.76. The van der Waals surface area contributed by atoms with Crippen molar-refractivity contribution in [2.24, 2.45) is 0 Å². The van der Waals surface area contributed by atoms with Gasteiger partial charge in [0.15, 0.2) is 0 Å². The Hall–Kier alpha value is 0.503. The first-order chi connectivity index (χ1) is 2.50. The maximum Gasteiger partial charge on any atom is -0.412 e. The van der Waals surface area contributed by atoms with E-state index >= 15 is 0 Å². The molecule has 6 heavy (non-hydrogen) atoms.